The first-order chi connectivity index (χ1) is 8.20. The Morgan fingerprint density at radius 3 is 2.71 bits per heavy atom. The zero-order valence-electron chi connectivity index (χ0n) is 10.3. The van der Waals surface area contributed by atoms with E-state index in [1.807, 2.05) is 12.1 Å². The first kappa shape index (κ1) is 12.0. The van der Waals surface area contributed by atoms with Crippen LogP contribution in [-0.2, 0) is 0 Å². The van der Waals surface area contributed by atoms with E-state index in [4.69, 9.17) is 4.74 Å². The maximum atomic E-state index is 9.55. The lowest BCUT2D eigenvalue weighted by atomic mass is 10.1. The minimum absolute atomic E-state index is 0.186. The molecule has 3 nitrogen and oxygen atoms in total. The maximum absolute atomic E-state index is 9.55. The number of aromatic hydroxyl groups is 1. The average Bonchev–Trinajstić information content (AvgIpc) is 2.82. The maximum Gasteiger partial charge on any atom is 0.160 e. The van der Waals surface area contributed by atoms with Crippen molar-refractivity contribution in [3.63, 3.8) is 0 Å². The van der Waals surface area contributed by atoms with E-state index >= 15 is 0 Å². The van der Waals surface area contributed by atoms with Gasteiger partial charge in [0.15, 0.2) is 11.5 Å². The molecule has 3 heteroatoms. The van der Waals surface area contributed by atoms with E-state index in [0.29, 0.717) is 11.8 Å². The molecule has 0 amide bonds. The second kappa shape index (κ2) is 5.23. The first-order valence-corrected chi connectivity index (χ1v) is 5.98. The van der Waals surface area contributed by atoms with Crippen LogP contribution in [0.2, 0.25) is 0 Å². The van der Waals surface area contributed by atoms with E-state index < -0.39 is 0 Å². The molecule has 2 N–H and O–H groups in total. The van der Waals surface area contributed by atoms with Crippen molar-refractivity contribution in [1.29, 1.82) is 0 Å². The summed E-state index contributed by atoms with van der Waals surface area (Å²) in [6.45, 7) is 2.13. The van der Waals surface area contributed by atoms with E-state index in [0.717, 1.165) is 18.4 Å². The molecule has 92 valence electrons. The van der Waals surface area contributed by atoms with Crippen molar-refractivity contribution in [3.8, 4) is 11.5 Å². The van der Waals surface area contributed by atoms with Gasteiger partial charge in [-0.15, -0.1) is 0 Å². The van der Waals surface area contributed by atoms with E-state index in [1.165, 1.54) is 0 Å². The molecule has 1 atom stereocenters. The molecule has 0 saturated carbocycles. The summed E-state index contributed by atoms with van der Waals surface area (Å²) in [7, 11) is 1.57. The van der Waals surface area contributed by atoms with Crippen molar-refractivity contribution < 1.29 is 9.84 Å². The second-order valence-electron chi connectivity index (χ2n) is 4.46. The molecule has 0 spiro atoms. The van der Waals surface area contributed by atoms with Gasteiger partial charge < -0.3 is 15.2 Å². The lowest BCUT2D eigenvalue weighted by Gasteiger charge is -2.20. The highest BCUT2D eigenvalue weighted by atomic mass is 16.5. The van der Waals surface area contributed by atoms with Crippen molar-refractivity contribution in [2.75, 3.05) is 7.11 Å². The summed E-state index contributed by atoms with van der Waals surface area (Å²) in [6, 6.07) is 6.28. The largest absolute Gasteiger partial charge is 0.504 e. The Bertz CT molecular complexity index is 407. The normalized spacial score (nSPS) is 17.3. The van der Waals surface area contributed by atoms with Crippen molar-refractivity contribution in [2.24, 2.45) is 0 Å². The number of ether oxygens (including phenoxy) is 1. The summed E-state index contributed by atoms with van der Waals surface area (Å²) in [5.41, 5.74) is 1.13. The van der Waals surface area contributed by atoms with E-state index in [2.05, 4.69) is 24.4 Å². The van der Waals surface area contributed by atoms with E-state index in [-0.39, 0.29) is 11.8 Å². The van der Waals surface area contributed by atoms with Crippen LogP contribution in [0.15, 0.2) is 30.4 Å². The van der Waals surface area contributed by atoms with Gasteiger partial charge in [0.05, 0.1) is 7.11 Å². The highest BCUT2D eigenvalue weighted by Crippen LogP contribution is 2.29. The third-order valence-electron chi connectivity index (χ3n) is 3.20. The second-order valence-corrected chi connectivity index (χ2v) is 4.46. The molecule has 1 aromatic rings. The van der Waals surface area contributed by atoms with Crippen molar-refractivity contribution in [1.82, 2.24) is 5.32 Å². The summed E-state index contributed by atoms with van der Waals surface area (Å²) >= 11 is 0. The molecule has 1 aliphatic rings. The zero-order chi connectivity index (χ0) is 12.3. The quantitative estimate of drug-likeness (QED) is 0.786. The van der Waals surface area contributed by atoms with Crippen molar-refractivity contribution in [3.05, 3.63) is 35.9 Å². The fourth-order valence-electron chi connectivity index (χ4n) is 2.17. The lowest BCUT2D eigenvalue weighted by molar-refractivity contribution is 0.371. The van der Waals surface area contributed by atoms with Gasteiger partial charge in [0.2, 0.25) is 0 Å². The third-order valence-corrected chi connectivity index (χ3v) is 3.20. The highest BCUT2D eigenvalue weighted by Gasteiger charge is 2.15. The summed E-state index contributed by atoms with van der Waals surface area (Å²) < 4.78 is 5.12. The van der Waals surface area contributed by atoms with Crippen LogP contribution >= 0.6 is 0 Å². The number of methoxy groups -OCH3 is 1. The Balaban J connectivity index is 2.05. The molecule has 1 aromatic carbocycles. The molecular formula is C14H19NO2. The Morgan fingerprint density at radius 1 is 1.35 bits per heavy atom. The van der Waals surface area contributed by atoms with Gasteiger partial charge in [-0.25, -0.2) is 0 Å². The van der Waals surface area contributed by atoms with Gasteiger partial charge in [0.1, 0.15) is 0 Å². The fourth-order valence-corrected chi connectivity index (χ4v) is 2.17. The van der Waals surface area contributed by atoms with Gasteiger partial charge in [-0.2, -0.15) is 0 Å². The number of hydrogen-bond acceptors (Lipinski definition) is 3. The summed E-state index contributed by atoms with van der Waals surface area (Å²) in [4.78, 5) is 0. The number of benzene rings is 1. The minimum atomic E-state index is 0.186. The molecule has 0 aromatic heterocycles. The molecule has 2 rings (SSSR count). The van der Waals surface area contributed by atoms with Crippen LogP contribution in [0.5, 0.6) is 11.5 Å². The SMILES string of the molecule is COc1cc(C(C)NC2CC=CC2)ccc1O. The molecule has 0 aliphatic heterocycles. The van der Waals surface area contributed by atoms with Gasteiger partial charge >= 0.3 is 0 Å². The number of phenols is 1. The van der Waals surface area contributed by atoms with E-state index in [9.17, 15) is 5.11 Å². The fraction of sp³-hybridized carbons (Fsp3) is 0.429. The molecule has 0 radical (unpaired) electrons. The van der Waals surface area contributed by atoms with E-state index in [1.54, 1.807) is 13.2 Å². The van der Waals surface area contributed by atoms with Crippen LogP contribution in [0.25, 0.3) is 0 Å². The van der Waals surface area contributed by atoms with Gasteiger partial charge in [0.25, 0.3) is 0 Å². The molecule has 0 heterocycles. The highest BCUT2D eigenvalue weighted by molar-refractivity contribution is 5.42. The van der Waals surface area contributed by atoms with Crippen LogP contribution < -0.4 is 10.1 Å². The van der Waals surface area contributed by atoms with Crippen LogP contribution in [0, 0.1) is 0 Å². The first-order valence-electron chi connectivity index (χ1n) is 5.98. The smallest absolute Gasteiger partial charge is 0.160 e. The Labute approximate surface area is 102 Å². The predicted molar refractivity (Wildman–Crippen MR) is 68.4 cm³/mol. The van der Waals surface area contributed by atoms with Crippen LogP contribution in [0.1, 0.15) is 31.4 Å². The topological polar surface area (TPSA) is 41.5 Å². The van der Waals surface area contributed by atoms with Gasteiger partial charge in [0, 0.05) is 12.1 Å². The van der Waals surface area contributed by atoms with Gasteiger partial charge in [-0.3, -0.25) is 0 Å². The van der Waals surface area contributed by atoms with Crippen molar-refractivity contribution >= 4 is 0 Å². The number of phenolic OH excluding ortho intramolecular Hbond substituents is 1. The van der Waals surface area contributed by atoms with Crippen LogP contribution in [-0.4, -0.2) is 18.3 Å². The molecule has 0 saturated heterocycles. The monoisotopic (exact) mass is 233 g/mol. The lowest BCUT2D eigenvalue weighted by Crippen LogP contribution is -2.29. The summed E-state index contributed by atoms with van der Waals surface area (Å²) in [5, 5.41) is 13.1. The minimum Gasteiger partial charge on any atom is -0.504 e. The van der Waals surface area contributed by atoms with Gasteiger partial charge in [-0.1, -0.05) is 18.2 Å². The summed E-state index contributed by atoms with van der Waals surface area (Å²) in [6.07, 6.45) is 6.61. The Morgan fingerprint density at radius 2 is 2.06 bits per heavy atom. The Kier molecular flexibility index (Phi) is 3.69. The summed E-state index contributed by atoms with van der Waals surface area (Å²) in [5.74, 6) is 0.715. The molecule has 1 aliphatic carbocycles. The number of hydrogen-bond donors (Lipinski definition) is 2. The standard InChI is InChI=1S/C14H19NO2/c1-10(15-12-5-3-4-6-12)11-7-8-13(16)14(9-11)17-2/h3-4,7-10,12,15-16H,5-6H2,1-2H3. The van der Waals surface area contributed by atoms with Crippen LogP contribution in [0.4, 0.5) is 0 Å². The molecule has 0 fully saturated rings. The predicted octanol–water partition coefficient (Wildman–Crippen LogP) is 2.77. The zero-order valence-corrected chi connectivity index (χ0v) is 10.3. The molecule has 17 heavy (non-hydrogen) atoms. The van der Waals surface area contributed by atoms with Crippen LogP contribution in [0.3, 0.4) is 0 Å². The van der Waals surface area contributed by atoms with Gasteiger partial charge in [-0.05, 0) is 37.5 Å². The number of rotatable bonds is 4. The number of nitrogens with one attached hydrogen (secondary N) is 1. The molecule has 0 bridgehead atoms. The third kappa shape index (κ3) is 2.80. The van der Waals surface area contributed by atoms with Crippen molar-refractivity contribution in [2.45, 2.75) is 31.8 Å². The molecule has 1 unspecified atom stereocenters. The average molecular weight is 233 g/mol. The molecular weight excluding hydrogens is 214 g/mol. The Hall–Kier alpha value is -1.48.